The second kappa shape index (κ2) is 5.55. The third-order valence-corrected chi connectivity index (χ3v) is 3.26. The second-order valence-electron chi connectivity index (χ2n) is 5.17. The Morgan fingerprint density at radius 3 is 3.00 bits per heavy atom. The summed E-state index contributed by atoms with van der Waals surface area (Å²) in [5, 5.41) is 3.07. The number of imidazole rings is 1. The minimum absolute atomic E-state index is 0.255. The molecule has 0 radical (unpaired) electrons. The second-order valence-corrected chi connectivity index (χ2v) is 5.17. The number of nitrogens with one attached hydrogen (secondary N) is 1. The van der Waals surface area contributed by atoms with E-state index in [0.717, 1.165) is 12.4 Å². The van der Waals surface area contributed by atoms with Gasteiger partial charge >= 0.3 is 0 Å². The number of anilines is 1. The van der Waals surface area contributed by atoms with Gasteiger partial charge in [0.1, 0.15) is 11.3 Å². The standard InChI is InChI=1S/C15H17FN4O/c1-10(2)14-17-6-8-20(14)9-7-18-15-19-13-11(16)4-3-5-12(13)21-15/h3-6,8,10H,7,9H2,1-2H3,(H,18,19). The summed E-state index contributed by atoms with van der Waals surface area (Å²) >= 11 is 0. The summed E-state index contributed by atoms with van der Waals surface area (Å²) in [5.41, 5.74) is 0.702. The molecule has 0 aliphatic heterocycles. The Morgan fingerprint density at radius 1 is 1.38 bits per heavy atom. The number of hydrogen-bond acceptors (Lipinski definition) is 4. The maximum atomic E-state index is 13.5. The molecule has 1 N–H and O–H groups in total. The van der Waals surface area contributed by atoms with Gasteiger partial charge in [0.2, 0.25) is 0 Å². The van der Waals surface area contributed by atoms with Crippen molar-refractivity contribution in [2.75, 3.05) is 11.9 Å². The first-order valence-electron chi connectivity index (χ1n) is 6.95. The van der Waals surface area contributed by atoms with Crippen LogP contribution in [0.5, 0.6) is 0 Å². The molecule has 0 aliphatic rings. The third kappa shape index (κ3) is 2.74. The quantitative estimate of drug-likeness (QED) is 0.781. The number of halogens is 1. The molecule has 0 spiro atoms. The average Bonchev–Trinajstić information content (AvgIpc) is 3.06. The summed E-state index contributed by atoms with van der Waals surface area (Å²) < 4.78 is 21.1. The van der Waals surface area contributed by atoms with Crippen LogP contribution in [0.2, 0.25) is 0 Å². The molecule has 0 amide bonds. The number of nitrogens with zero attached hydrogens (tertiary/aromatic N) is 3. The van der Waals surface area contributed by atoms with Crippen LogP contribution in [-0.2, 0) is 6.54 Å². The molecule has 0 atom stereocenters. The van der Waals surface area contributed by atoms with E-state index in [-0.39, 0.29) is 11.3 Å². The summed E-state index contributed by atoms with van der Waals surface area (Å²) in [5.74, 6) is 1.04. The van der Waals surface area contributed by atoms with E-state index in [2.05, 4.69) is 33.7 Å². The van der Waals surface area contributed by atoms with E-state index in [4.69, 9.17) is 4.42 Å². The van der Waals surface area contributed by atoms with Crippen LogP contribution in [0, 0.1) is 5.82 Å². The Labute approximate surface area is 121 Å². The SMILES string of the molecule is CC(C)c1nccn1CCNc1nc2c(F)cccc2o1. The molecule has 2 aromatic heterocycles. The van der Waals surface area contributed by atoms with Gasteiger partial charge in [0.25, 0.3) is 6.01 Å². The summed E-state index contributed by atoms with van der Waals surface area (Å²) in [4.78, 5) is 8.45. The molecule has 0 fully saturated rings. The zero-order chi connectivity index (χ0) is 14.8. The maximum Gasteiger partial charge on any atom is 0.295 e. The van der Waals surface area contributed by atoms with Gasteiger partial charge in [-0.15, -0.1) is 0 Å². The molecule has 0 unspecified atom stereocenters. The van der Waals surface area contributed by atoms with E-state index in [1.165, 1.54) is 6.07 Å². The lowest BCUT2D eigenvalue weighted by Crippen LogP contribution is -2.13. The zero-order valence-electron chi connectivity index (χ0n) is 12.0. The first kappa shape index (κ1) is 13.6. The van der Waals surface area contributed by atoms with Gasteiger partial charge in [-0.25, -0.2) is 9.37 Å². The molecule has 0 bridgehead atoms. The molecule has 0 aliphatic carbocycles. The molecular weight excluding hydrogens is 271 g/mol. The van der Waals surface area contributed by atoms with Crippen molar-refractivity contribution in [3.8, 4) is 0 Å². The number of fused-ring (bicyclic) bond motifs is 1. The van der Waals surface area contributed by atoms with Gasteiger partial charge in [-0.2, -0.15) is 4.98 Å². The van der Waals surface area contributed by atoms with Crippen LogP contribution >= 0.6 is 0 Å². The number of para-hydroxylation sites is 1. The predicted molar refractivity (Wildman–Crippen MR) is 78.8 cm³/mol. The predicted octanol–water partition coefficient (Wildman–Crippen LogP) is 3.40. The van der Waals surface area contributed by atoms with Gasteiger partial charge in [-0.1, -0.05) is 19.9 Å². The van der Waals surface area contributed by atoms with Crippen LogP contribution in [0.1, 0.15) is 25.6 Å². The lowest BCUT2D eigenvalue weighted by atomic mass is 10.2. The Hall–Kier alpha value is -2.37. The minimum atomic E-state index is -0.374. The Kier molecular flexibility index (Phi) is 3.60. The van der Waals surface area contributed by atoms with Gasteiger partial charge in [0.15, 0.2) is 11.4 Å². The fourth-order valence-electron chi connectivity index (χ4n) is 2.28. The fraction of sp³-hybridized carbons (Fsp3) is 0.333. The van der Waals surface area contributed by atoms with Crippen LogP contribution < -0.4 is 5.32 Å². The van der Waals surface area contributed by atoms with Gasteiger partial charge < -0.3 is 14.3 Å². The molecule has 2 heterocycles. The van der Waals surface area contributed by atoms with Crippen LogP contribution in [0.4, 0.5) is 10.4 Å². The molecular formula is C15H17FN4O. The Morgan fingerprint density at radius 2 is 2.24 bits per heavy atom. The maximum absolute atomic E-state index is 13.5. The van der Waals surface area contributed by atoms with Gasteiger partial charge in [-0.05, 0) is 12.1 Å². The normalized spacial score (nSPS) is 11.4. The summed E-state index contributed by atoms with van der Waals surface area (Å²) in [6.45, 7) is 5.59. The van der Waals surface area contributed by atoms with Crippen LogP contribution in [-0.4, -0.2) is 21.1 Å². The zero-order valence-corrected chi connectivity index (χ0v) is 12.0. The molecule has 3 rings (SSSR count). The number of aromatic nitrogens is 3. The van der Waals surface area contributed by atoms with Gasteiger partial charge in [-0.3, -0.25) is 0 Å². The Bertz CT molecular complexity index is 747. The van der Waals surface area contributed by atoms with E-state index in [1.54, 1.807) is 18.3 Å². The fourth-order valence-corrected chi connectivity index (χ4v) is 2.28. The number of rotatable bonds is 5. The number of benzene rings is 1. The molecule has 3 aromatic rings. The van der Waals surface area contributed by atoms with E-state index >= 15 is 0 Å². The van der Waals surface area contributed by atoms with Crippen LogP contribution in [0.15, 0.2) is 35.0 Å². The van der Waals surface area contributed by atoms with Gasteiger partial charge in [0, 0.05) is 31.4 Å². The smallest absolute Gasteiger partial charge is 0.295 e. The molecule has 21 heavy (non-hydrogen) atoms. The first-order chi connectivity index (χ1) is 10.1. The molecule has 5 nitrogen and oxygen atoms in total. The first-order valence-corrected chi connectivity index (χ1v) is 6.95. The van der Waals surface area contributed by atoms with Crippen molar-refractivity contribution in [3.63, 3.8) is 0 Å². The van der Waals surface area contributed by atoms with E-state index in [0.29, 0.717) is 24.1 Å². The number of hydrogen-bond donors (Lipinski definition) is 1. The highest BCUT2D eigenvalue weighted by atomic mass is 19.1. The molecule has 1 aromatic carbocycles. The molecule has 6 heteroatoms. The van der Waals surface area contributed by atoms with Crippen molar-refractivity contribution >= 4 is 17.1 Å². The van der Waals surface area contributed by atoms with E-state index < -0.39 is 0 Å². The van der Waals surface area contributed by atoms with E-state index in [1.807, 2.05) is 6.20 Å². The van der Waals surface area contributed by atoms with Crippen LogP contribution in [0.3, 0.4) is 0 Å². The monoisotopic (exact) mass is 288 g/mol. The lowest BCUT2D eigenvalue weighted by Gasteiger charge is -2.10. The highest BCUT2D eigenvalue weighted by Crippen LogP contribution is 2.21. The summed E-state index contributed by atoms with van der Waals surface area (Å²) in [6.07, 6.45) is 3.74. The summed E-state index contributed by atoms with van der Waals surface area (Å²) in [7, 11) is 0. The van der Waals surface area contributed by atoms with Crippen molar-refractivity contribution in [1.29, 1.82) is 0 Å². The van der Waals surface area contributed by atoms with Crippen molar-refractivity contribution in [1.82, 2.24) is 14.5 Å². The van der Waals surface area contributed by atoms with Crippen molar-refractivity contribution in [2.24, 2.45) is 0 Å². The van der Waals surface area contributed by atoms with Crippen molar-refractivity contribution < 1.29 is 8.81 Å². The van der Waals surface area contributed by atoms with Gasteiger partial charge in [0.05, 0.1) is 0 Å². The molecule has 0 saturated heterocycles. The molecule has 0 saturated carbocycles. The topological polar surface area (TPSA) is 55.9 Å². The lowest BCUT2D eigenvalue weighted by molar-refractivity contribution is 0.595. The van der Waals surface area contributed by atoms with Crippen molar-refractivity contribution in [2.45, 2.75) is 26.3 Å². The van der Waals surface area contributed by atoms with Crippen molar-refractivity contribution in [3.05, 3.63) is 42.2 Å². The largest absolute Gasteiger partial charge is 0.423 e. The summed E-state index contributed by atoms with van der Waals surface area (Å²) in [6, 6.07) is 5.01. The third-order valence-electron chi connectivity index (χ3n) is 3.26. The number of oxazole rings is 1. The highest BCUT2D eigenvalue weighted by molar-refractivity contribution is 5.74. The average molecular weight is 288 g/mol. The Balaban J connectivity index is 1.67. The van der Waals surface area contributed by atoms with E-state index in [9.17, 15) is 4.39 Å². The van der Waals surface area contributed by atoms with Crippen LogP contribution in [0.25, 0.3) is 11.1 Å². The minimum Gasteiger partial charge on any atom is -0.423 e. The molecule has 110 valence electrons. The highest BCUT2D eigenvalue weighted by Gasteiger charge is 2.10.